The van der Waals surface area contributed by atoms with Crippen LogP contribution < -0.4 is 15.0 Å². The first-order valence-electron chi connectivity index (χ1n) is 13.4. The predicted molar refractivity (Wildman–Crippen MR) is 147 cm³/mol. The average molecular weight is 553 g/mol. The number of hydrogen-bond donors (Lipinski definition) is 2. The van der Waals surface area contributed by atoms with Crippen molar-refractivity contribution in [3.8, 4) is 16.9 Å². The van der Waals surface area contributed by atoms with Gasteiger partial charge in [0.05, 0.1) is 17.8 Å². The lowest BCUT2D eigenvalue weighted by molar-refractivity contribution is -0.139. The van der Waals surface area contributed by atoms with Crippen molar-refractivity contribution < 1.29 is 32.6 Å². The molecule has 3 aromatic carbocycles. The zero-order valence-electron chi connectivity index (χ0n) is 22.1. The van der Waals surface area contributed by atoms with E-state index in [0.717, 1.165) is 48.9 Å². The third-order valence-electron chi connectivity index (χ3n) is 7.75. The van der Waals surface area contributed by atoms with E-state index in [1.54, 1.807) is 13.0 Å². The SMILES string of the molecule is Cc1cc(NC(=O)N2CCOc3cc(-c4ccc(C5CCC(CC(=O)O)CC5)cc4)ccc32)cc(C(F)(F)F)c1. The Kier molecular flexibility index (Phi) is 7.74. The average Bonchev–Trinajstić information content (AvgIpc) is 2.92. The van der Waals surface area contributed by atoms with Crippen LogP contribution in [-0.2, 0) is 11.0 Å². The summed E-state index contributed by atoms with van der Waals surface area (Å²) < 4.78 is 45.5. The minimum Gasteiger partial charge on any atom is -0.490 e. The van der Waals surface area contributed by atoms with Crippen molar-refractivity contribution in [1.82, 2.24) is 0 Å². The highest BCUT2D eigenvalue weighted by Gasteiger charge is 2.32. The summed E-state index contributed by atoms with van der Waals surface area (Å²) in [4.78, 5) is 25.5. The number of carboxylic acid groups (broad SMARTS) is 1. The van der Waals surface area contributed by atoms with Crippen LogP contribution in [0.3, 0.4) is 0 Å². The highest BCUT2D eigenvalue weighted by atomic mass is 19.4. The Morgan fingerprint density at radius 2 is 1.68 bits per heavy atom. The van der Waals surface area contributed by atoms with Crippen molar-refractivity contribution in [2.24, 2.45) is 5.92 Å². The number of nitrogens with zero attached hydrogens (tertiary/aromatic N) is 1. The minimum atomic E-state index is -4.51. The molecule has 1 aliphatic carbocycles. The molecule has 1 heterocycles. The topological polar surface area (TPSA) is 78.9 Å². The fourth-order valence-corrected chi connectivity index (χ4v) is 5.72. The predicted octanol–water partition coefficient (Wildman–Crippen LogP) is 7.86. The van der Waals surface area contributed by atoms with E-state index in [-0.39, 0.29) is 31.2 Å². The van der Waals surface area contributed by atoms with Crippen LogP contribution >= 0.6 is 0 Å². The molecule has 6 nitrogen and oxygen atoms in total. The molecule has 5 rings (SSSR count). The summed E-state index contributed by atoms with van der Waals surface area (Å²) in [7, 11) is 0. The number of ether oxygens (including phenoxy) is 1. The van der Waals surface area contributed by atoms with Gasteiger partial charge in [0.2, 0.25) is 0 Å². The van der Waals surface area contributed by atoms with E-state index in [9.17, 15) is 22.8 Å². The second-order valence-electron chi connectivity index (χ2n) is 10.6. The fraction of sp³-hybridized carbons (Fsp3) is 0.355. The van der Waals surface area contributed by atoms with Crippen molar-refractivity contribution in [2.45, 2.75) is 51.1 Å². The van der Waals surface area contributed by atoms with Crippen LogP contribution in [0.15, 0.2) is 60.7 Å². The molecule has 2 aliphatic rings. The highest BCUT2D eigenvalue weighted by molar-refractivity contribution is 6.03. The Morgan fingerprint density at radius 3 is 2.35 bits per heavy atom. The maximum Gasteiger partial charge on any atom is 0.416 e. The summed E-state index contributed by atoms with van der Waals surface area (Å²) in [6.45, 7) is 2.07. The quantitative estimate of drug-likeness (QED) is 0.338. The number of urea groups is 1. The number of benzene rings is 3. The smallest absolute Gasteiger partial charge is 0.416 e. The Labute approximate surface area is 230 Å². The van der Waals surface area contributed by atoms with Gasteiger partial charge in [-0.05, 0) is 97.0 Å². The lowest BCUT2D eigenvalue weighted by Crippen LogP contribution is -2.40. The normalized spacial score (nSPS) is 18.9. The monoisotopic (exact) mass is 552 g/mol. The number of hydrogen-bond acceptors (Lipinski definition) is 3. The number of carbonyl (C=O) groups excluding carboxylic acids is 1. The van der Waals surface area contributed by atoms with E-state index in [2.05, 4.69) is 29.6 Å². The van der Waals surface area contributed by atoms with Crippen molar-refractivity contribution in [3.05, 3.63) is 77.4 Å². The van der Waals surface area contributed by atoms with Gasteiger partial charge in [-0.1, -0.05) is 30.3 Å². The molecule has 2 N–H and O–H groups in total. The molecular weight excluding hydrogens is 521 g/mol. The van der Waals surface area contributed by atoms with Gasteiger partial charge in [0.15, 0.2) is 0 Å². The summed E-state index contributed by atoms with van der Waals surface area (Å²) in [6.07, 6.45) is -0.427. The summed E-state index contributed by atoms with van der Waals surface area (Å²) >= 11 is 0. The molecule has 0 unspecified atom stereocenters. The molecule has 0 bridgehead atoms. The number of carbonyl (C=O) groups is 2. The van der Waals surface area contributed by atoms with E-state index >= 15 is 0 Å². The third-order valence-corrected chi connectivity index (χ3v) is 7.75. The Hall–Kier alpha value is -4.01. The molecule has 210 valence electrons. The minimum absolute atomic E-state index is 0.0810. The standard InChI is InChI=1S/C31H31F3N2O4/c1-19-14-25(31(32,33)34)18-26(15-19)35-30(39)36-12-13-40-28-17-24(10-11-27(28)36)23-8-6-22(7-9-23)21-4-2-20(3-5-21)16-29(37)38/h6-11,14-15,17-18,20-21H,2-5,12-13,16H2,1H3,(H,35,39)(H,37,38). The van der Waals surface area contributed by atoms with Crippen LogP contribution in [0, 0.1) is 12.8 Å². The molecule has 9 heteroatoms. The van der Waals surface area contributed by atoms with Crippen LogP contribution in [-0.4, -0.2) is 30.3 Å². The largest absolute Gasteiger partial charge is 0.490 e. The van der Waals surface area contributed by atoms with Gasteiger partial charge in [0.25, 0.3) is 0 Å². The first-order chi connectivity index (χ1) is 19.1. The summed E-state index contributed by atoms with van der Waals surface area (Å²) in [5, 5.41) is 11.6. The first kappa shape index (κ1) is 27.6. The summed E-state index contributed by atoms with van der Waals surface area (Å²) in [6, 6.07) is 16.9. The van der Waals surface area contributed by atoms with E-state index in [1.807, 2.05) is 12.1 Å². The highest BCUT2D eigenvalue weighted by Crippen LogP contribution is 2.39. The number of fused-ring (bicyclic) bond motifs is 1. The van der Waals surface area contributed by atoms with Gasteiger partial charge in [-0.25, -0.2) is 4.79 Å². The molecule has 40 heavy (non-hydrogen) atoms. The Balaban J connectivity index is 1.28. The zero-order chi connectivity index (χ0) is 28.4. The van der Waals surface area contributed by atoms with Crippen molar-refractivity contribution >= 4 is 23.4 Å². The third kappa shape index (κ3) is 6.24. The van der Waals surface area contributed by atoms with Crippen LogP contribution in [0.5, 0.6) is 5.75 Å². The Bertz CT molecular complexity index is 1400. The van der Waals surface area contributed by atoms with Crippen LogP contribution in [0.25, 0.3) is 11.1 Å². The molecular formula is C31H31F3N2O4. The Morgan fingerprint density at radius 1 is 0.975 bits per heavy atom. The van der Waals surface area contributed by atoms with E-state index in [1.165, 1.54) is 16.5 Å². The fourth-order valence-electron chi connectivity index (χ4n) is 5.72. The van der Waals surface area contributed by atoms with Crippen molar-refractivity contribution in [2.75, 3.05) is 23.4 Å². The lowest BCUT2D eigenvalue weighted by Gasteiger charge is -2.30. The van der Waals surface area contributed by atoms with E-state index in [0.29, 0.717) is 22.9 Å². The first-order valence-corrected chi connectivity index (χ1v) is 13.4. The molecule has 0 radical (unpaired) electrons. The van der Waals surface area contributed by atoms with Gasteiger partial charge in [0.1, 0.15) is 12.4 Å². The molecule has 1 aliphatic heterocycles. The van der Waals surface area contributed by atoms with Gasteiger partial charge in [-0.2, -0.15) is 13.2 Å². The number of carboxylic acids is 1. The number of halogens is 3. The van der Waals surface area contributed by atoms with Gasteiger partial charge >= 0.3 is 18.2 Å². The maximum atomic E-state index is 13.2. The van der Waals surface area contributed by atoms with E-state index < -0.39 is 23.7 Å². The number of aryl methyl sites for hydroxylation is 1. The molecule has 0 atom stereocenters. The van der Waals surface area contributed by atoms with Gasteiger partial charge < -0.3 is 15.2 Å². The molecule has 1 saturated carbocycles. The maximum absolute atomic E-state index is 13.2. The second-order valence-corrected chi connectivity index (χ2v) is 10.6. The van der Waals surface area contributed by atoms with Crippen LogP contribution in [0.4, 0.5) is 29.3 Å². The van der Waals surface area contributed by atoms with E-state index in [4.69, 9.17) is 9.84 Å². The molecule has 0 aromatic heterocycles. The summed E-state index contributed by atoms with van der Waals surface area (Å²) in [5.74, 6) is 0.495. The van der Waals surface area contributed by atoms with Crippen molar-refractivity contribution in [3.63, 3.8) is 0 Å². The number of rotatable bonds is 5. The molecule has 2 amide bonds. The zero-order valence-corrected chi connectivity index (χ0v) is 22.1. The summed E-state index contributed by atoms with van der Waals surface area (Å²) in [5.41, 5.74) is 3.38. The molecule has 0 saturated heterocycles. The number of alkyl halides is 3. The molecule has 1 fully saturated rings. The number of nitrogens with one attached hydrogen (secondary N) is 1. The lowest BCUT2D eigenvalue weighted by atomic mass is 9.77. The second kappa shape index (κ2) is 11.2. The van der Waals surface area contributed by atoms with Crippen LogP contribution in [0.1, 0.15) is 54.7 Å². The van der Waals surface area contributed by atoms with Gasteiger partial charge in [-0.3, -0.25) is 9.69 Å². The van der Waals surface area contributed by atoms with Gasteiger partial charge in [0, 0.05) is 12.1 Å². The number of anilines is 2. The van der Waals surface area contributed by atoms with Gasteiger partial charge in [-0.15, -0.1) is 0 Å². The number of amides is 2. The molecule has 3 aromatic rings. The number of aliphatic carboxylic acids is 1. The molecule has 0 spiro atoms. The van der Waals surface area contributed by atoms with Crippen molar-refractivity contribution in [1.29, 1.82) is 0 Å². The van der Waals surface area contributed by atoms with Crippen LogP contribution in [0.2, 0.25) is 0 Å².